The van der Waals surface area contributed by atoms with Crippen LogP contribution in [0.25, 0.3) is 0 Å². The van der Waals surface area contributed by atoms with Gasteiger partial charge in [0.25, 0.3) is 0 Å². The minimum absolute atomic E-state index is 0.0233. The number of carbonyl (C=O) groups excluding carboxylic acids is 1. The summed E-state index contributed by atoms with van der Waals surface area (Å²) in [4.78, 5) is 14.6. The summed E-state index contributed by atoms with van der Waals surface area (Å²) in [7, 11) is 2.14. The number of nitrogens with zero attached hydrogens (tertiary/aromatic N) is 1. The molecule has 3 nitrogen and oxygen atoms in total. The van der Waals surface area contributed by atoms with Crippen molar-refractivity contribution < 1.29 is 9.53 Å². The lowest BCUT2D eigenvalue weighted by atomic mass is 9.78. The zero-order valence-electron chi connectivity index (χ0n) is 11.3. The third-order valence-electron chi connectivity index (χ3n) is 4.40. The molecule has 3 fully saturated rings. The molecule has 3 aliphatic rings. The molecule has 0 amide bonds. The fraction of sp³-hybridized carbons (Fsp3) is 0.533. The predicted molar refractivity (Wildman–Crippen MR) is 79.4 cm³/mol. The van der Waals surface area contributed by atoms with Gasteiger partial charge in [-0.2, -0.15) is 0 Å². The van der Waals surface area contributed by atoms with Gasteiger partial charge >= 0.3 is 5.97 Å². The van der Waals surface area contributed by atoms with Crippen molar-refractivity contribution in [1.29, 1.82) is 0 Å². The summed E-state index contributed by atoms with van der Waals surface area (Å²) in [6, 6.07) is 5.35. The zero-order chi connectivity index (χ0) is 14.3. The molecule has 2 aliphatic heterocycles. The standard InChI is InChI=1S/C15H17Cl2NO2/c1-18-8-9-2-3-13(18)7-14(9)20-15(19)10-4-11(16)6-12(17)5-10/h4-6,9,13-14H,2-3,7-8H2,1H3/t9-,13-,14+/m1/s1. The number of carbonyl (C=O) groups is 1. The van der Waals surface area contributed by atoms with Gasteiger partial charge in [-0.15, -0.1) is 0 Å². The Hall–Kier alpha value is -0.770. The average Bonchev–Trinajstić information content (AvgIpc) is 2.39. The first-order valence-corrected chi connectivity index (χ1v) is 7.66. The van der Waals surface area contributed by atoms with Gasteiger partial charge < -0.3 is 9.64 Å². The summed E-state index contributed by atoms with van der Waals surface area (Å²) in [6.45, 7) is 1.01. The van der Waals surface area contributed by atoms with E-state index in [0.717, 1.165) is 19.4 Å². The lowest BCUT2D eigenvalue weighted by Crippen LogP contribution is -2.53. The van der Waals surface area contributed by atoms with Crippen LogP contribution in [0.15, 0.2) is 18.2 Å². The number of rotatable bonds is 2. The number of halogens is 2. The summed E-state index contributed by atoms with van der Waals surface area (Å²) >= 11 is 11.8. The Labute approximate surface area is 128 Å². The highest BCUT2D eigenvalue weighted by atomic mass is 35.5. The van der Waals surface area contributed by atoms with Crippen LogP contribution in [0.4, 0.5) is 0 Å². The molecule has 0 unspecified atom stereocenters. The molecule has 3 atom stereocenters. The fourth-order valence-electron chi connectivity index (χ4n) is 3.32. The summed E-state index contributed by atoms with van der Waals surface area (Å²) in [6.07, 6.45) is 3.30. The first-order valence-electron chi connectivity index (χ1n) is 6.90. The zero-order valence-corrected chi connectivity index (χ0v) is 12.8. The van der Waals surface area contributed by atoms with Gasteiger partial charge in [-0.1, -0.05) is 23.2 Å². The van der Waals surface area contributed by atoms with Crippen molar-refractivity contribution in [1.82, 2.24) is 4.90 Å². The second-order valence-electron chi connectivity index (χ2n) is 5.77. The Morgan fingerprint density at radius 1 is 1.25 bits per heavy atom. The maximum atomic E-state index is 12.2. The molecule has 2 saturated heterocycles. The number of esters is 1. The van der Waals surface area contributed by atoms with Crippen molar-refractivity contribution >= 4 is 29.2 Å². The van der Waals surface area contributed by atoms with E-state index in [0.29, 0.717) is 27.6 Å². The highest BCUT2D eigenvalue weighted by Gasteiger charge is 2.40. The van der Waals surface area contributed by atoms with E-state index in [-0.39, 0.29) is 12.1 Å². The Kier molecular flexibility index (Phi) is 3.93. The molecular weight excluding hydrogens is 297 g/mol. The molecule has 1 saturated carbocycles. The first kappa shape index (κ1) is 14.2. The Bertz CT molecular complexity index is 514. The minimum Gasteiger partial charge on any atom is -0.458 e. The van der Waals surface area contributed by atoms with E-state index in [4.69, 9.17) is 27.9 Å². The second-order valence-corrected chi connectivity index (χ2v) is 6.64. The Morgan fingerprint density at radius 2 is 1.95 bits per heavy atom. The van der Waals surface area contributed by atoms with Crippen molar-refractivity contribution in [2.24, 2.45) is 5.92 Å². The lowest BCUT2D eigenvalue weighted by Gasteiger charge is -2.47. The van der Waals surface area contributed by atoms with Gasteiger partial charge in [-0.25, -0.2) is 4.79 Å². The van der Waals surface area contributed by atoms with Gasteiger partial charge in [0.2, 0.25) is 0 Å². The van der Waals surface area contributed by atoms with E-state index >= 15 is 0 Å². The highest BCUT2D eigenvalue weighted by molar-refractivity contribution is 6.35. The third kappa shape index (κ3) is 2.80. The van der Waals surface area contributed by atoms with Crippen LogP contribution in [0.2, 0.25) is 10.0 Å². The van der Waals surface area contributed by atoms with E-state index in [1.807, 2.05) is 0 Å². The molecule has 1 aliphatic carbocycles. The normalized spacial score (nSPS) is 29.4. The molecule has 1 aromatic carbocycles. The smallest absolute Gasteiger partial charge is 0.338 e. The van der Waals surface area contributed by atoms with Crippen LogP contribution in [0.1, 0.15) is 29.6 Å². The van der Waals surface area contributed by atoms with Crippen LogP contribution >= 0.6 is 23.2 Å². The van der Waals surface area contributed by atoms with Gasteiger partial charge in [0.05, 0.1) is 5.56 Å². The molecule has 0 aromatic heterocycles. The van der Waals surface area contributed by atoms with Crippen molar-refractivity contribution in [3.63, 3.8) is 0 Å². The van der Waals surface area contributed by atoms with Crippen LogP contribution in [-0.4, -0.2) is 36.6 Å². The first-order chi connectivity index (χ1) is 9.52. The van der Waals surface area contributed by atoms with Crippen molar-refractivity contribution in [3.8, 4) is 0 Å². The largest absolute Gasteiger partial charge is 0.458 e. The van der Waals surface area contributed by atoms with Gasteiger partial charge in [-0.05, 0) is 38.1 Å². The fourth-order valence-corrected chi connectivity index (χ4v) is 3.85. The number of hydrogen-bond acceptors (Lipinski definition) is 3. The topological polar surface area (TPSA) is 29.5 Å². The number of fused-ring (bicyclic) bond motifs is 3. The average molecular weight is 314 g/mol. The molecule has 0 radical (unpaired) electrons. The van der Waals surface area contributed by atoms with Crippen LogP contribution < -0.4 is 0 Å². The number of piperidine rings is 2. The van der Waals surface area contributed by atoms with Crippen molar-refractivity contribution in [3.05, 3.63) is 33.8 Å². The molecule has 2 heterocycles. The second kappa shape index (κ2) is 5.55. The highest BCUT2D eigenvalue weighted by Crippen LogP contribution is 2.36. The summed E-state index contributed by atoms with van der Waals surface area (Å²) in [5.41, 5.74) is 0.428. The van der Waals surface area contributed by atoms with Crippen molar-refractivity contribution in [2.75, 3.05) is 13.6 Å². The third-order valence-corrected chi connectivity index (χ3v) is 4.84. The van der Waals surface area contributed by atoms with Crippen LogP contribution in [0.5, 0.6) is 0 Å². The molecule has 108 valence electrons. The quantitative estimate of drug-likeness (QED) is 0.781. The molecule has 20 heavy (non-hydrogen) atoms. The number of benzene rings is 1. The molecule has 1 aromatic rings. The molecular formula is C15H17Cl2NO2. The van der Waals surface area contributed by atoms with E-state index in [1.165, 1.54) is 6.42 Å². The van der Waals surface area contributed by atoms with Crippen LogP contribution in [-0.2, 0) is 4.74 Å². The maximum absolute atomic E-state index is 12.2. The number of ether oxygens (including phenoxy) is 1. The molecule has 5 heteroatoms. The van der Waals surface area contributed by atoms with Gasteiger partial charge in [-0.3, -0.25) is 0 Å². The monoisotopic (exact) mass is 313 g/mol. The van der Waals surface area contributed by atoms with Crippen LogP contribution in [0, 0.1) is 5.92 Å². The molecule has 0 N–H and O–H groups in total. The summed E-state index contributed by atoms with van der Waals surface area (Å²) in [5, 5.41) is 0.906. The molecule has 4 rings (SSSR count). The Morgan fingerprint density at radius 3 is 2.50 bits per heavy atom. The van der Waals surface area contributed by atoms with Crippen molar-refractivity contribution in [2.45, 2.75) is 31.4 Å². The van der Waals surface area contributed by atoms with E-state index in [2.05, 4.69) is 11.9 Å². The van der Waals surface area contributed by atoms with Gasteiger partial charge in [0.15, 0.2) is 0 Å². The van der Waals surface area contributed by atoms with Crippen LogP contribution in [0.3, 0.4) is 0 Å². The van der Waals surface area contributed by atoms with E-state index in [9.17, 15) is 4.79 Å². The predicted octanol–water partition coefficient (Wildman–Crippen LogP) is 3.63. The summed E-state index contributed by atoms with van der Waals surface area (Å²) in [5.74, 6) is 0.123. The van der Waals surface area contributed by atoms with Gasteiger partial charge in [0.1, 0.15) is 6.10 Å². The lowest BCUT2D eigenvalue weighted by molar-refractivity contribution is -0.0558. The van der Waals surface area contributed by atoms with E-state index < -0.39 is 0 Å². The van der Waals surface area contributed by atoms with E-state index in [1.54, 1.807) is 18.2 Å². The SMILES string of the molecule is CN1C[C@H]2CC[C@@H]1C[C@@H]2OC(=O)c1cc(Cl)cc(Cl)c1. The van der Waals surface area contributed by atoms with Gasteiger partial charge in [0, 0.05) is 35.0 Å². The minimum atomic E-state index is -0.324. The number of hydrogen-bond donors (Lipinski definition) is 0. The molecule has 2 bridgehead atoms. The maximum Gasteiger partial charge on any atom is 0.338 e. The molecule has 0 spiro atoms. The summed E-state index contributed by atoms with van der Waals surface area (Å²) < 4.78 is 5.69. The Balaban J connectivity index is 1.70.